The number of nitrogens with one attached hydrogen (secondary N) is 1. The fraction of sp³-hybridized carbons (Fsp3) is 0.263. The molecular weight excluding hydrogens is 330 g/mol. The van der Waals surface area contributed by atoms with E-state index in [2.05, 4.69) is 15.3 Å². The van der Waals surface area contributed by atoms with Crippen LogP contribution in [0.5, 0.6) is 0 Å². The zero-order valence-electron chi connectivity index (χ0n) is 14.7. The molecule has 0 bridgehead atoms. The summed E-state index contributed by atoms with van der Waals surface area (Å²) in [6.07, 6.45) is 3.50. The molecule has 0 saturated carbocycles. The summed E-state index contributed by atoms with van der Waals surface area (Å²) in [5.74, 6) is -0.329. The van der Waals surface area contributed by atoms with Crippen molar-refractivity contribution in [3.05, 3.63) is 48.8 Å². The molecule has 1 aromatic carbocycles. The molecule has 0 saturated heterocycles. The van der Waals surface area contributed by atoms with Crippen molar-refractivity contribution < 1.29 is 9.59 Å². The van der Waals surface area contributed by atoms with Crippen LogP contribution in [0.4, 0.5) is 0 Å². The van der Waals surface area contributed by atoms with Crippen LogP contribution in [0, 0.1) is 0 Å². The molecule has 1 unspecified atom stereocenters. The summed E-state index contributed by atoms with van der Waals surface area (Å²) in [4.78, 5) is 33.0. The lowest BCUT2D eigenvalue weighted by molar-refractivity contribution is -0.130. The van der Waals surface area contributed by atoms with Crippen molar-refractivity contribution in [2.24, 2.45) is 5.73 Å². The lowest BCUT2D eigenvalue weighted by Crippen LogP contribution is -2.50. The fourth-order valence-electron chi connectivity index (χ4n) is 2.70. The van der Waals surface area contributed by atoms with Gasteiger partial charge in [0.15, 0.2) is 11.6 Å². The van der Waals surface area contributed by atoms with Crippen molar-refractivity contribution in [2.75, 3.05) is 0 Å². The molecule has 3 N–H and O–H groups in total. The molecule has 3 rings (SSSR count). The fourth-order valence-corrected chi connectivity index (χ4v) is 2.70. The highest BCUT2D eigenvalue weighted by atomic mass is 16.2. The molecule has 2 aliphatic rings. The van der Waals surface area contributed by atoms with Gasteiger partial charge < -0.3 is 10.3 Å². The van der Waals surface area contributed by atoms with Crippen LogP contribution in [-0.4, -0.2) is 38.3 Å². The Balaban J connectivity index is 1.82. The van der Waals surface area contributed by atoms with Crippen molar-refractivity contribution in [1.29, 1.82) is 0 Å². The van der Waals surface area contributed by atoms with Gasteiger partial charge in [0.05, 0.1) is 12.2 Å². The van der Waals surface area contributed by atoms with E-state index >= 15 is 0 Å². The molecular formula is C19H21N5O2. The maximum Gasteiger partial charge on any atom is 0.242 e. The zero-order valence-corrected chi connectivity index (χ0v) is 14.7. The first-order valence-electron chi connectivity index (χ1n) is 8.41. The Kier molecular flexibility index (Phi) is 5.09. The van der Waals surface area contributed by atoms with Gasteiger partial charge in [-0.15, -0.1) is 0 Å². The molecule has 26 heavy (non-hydrogen) atoms. The third-order valence-electron chi connectivity index (χ3n) is 3.90. The number of hydrogen-bond donors (Lipinski definition) is 2. The van der Waals surface area contributed by atoms with Crippen LogP contribution >= 0.6 is 0 Å². The maximum absolute atomic E-state index is 12.4. The summed E-state index contributed by atoms with van der Waals surface area (Å²) in [5.41, 5.74) is 7.71. The van der Waals surface area contributed by atoms with Gasteiger partial charge >= 0.3 is 0 Å². The molecule has 134 valence electrons. The molecule has 2 aliphatic heterocycles. The van der Waals surface area contributed by atoms with Crippen LogP contribution in [0.25, 0.3) is 22.8 Å². The number of benzene rings is 1. The third kappa shape index (κ3) is 3.94. The van der Waals surface area contributed by atoms with Crippen molar-refractivity contribution in [1.82, 2.24) is 19.9 Å². The molecule has 1 aromatic rings. The molecule has 7 heteroatoms. The van der Waals surface area contributed by atoms with E-state index < -0.39 is 11.9 Å². The Morgan fingerprint density at radius 1 is 1.12 bits per heavy atom. The Hall–Kier alpha value is -3.06. The van der Waals surface area contributed by atoms with Gasteiger partial charge in [0.25, 0.3) is 0 Å². The minimum Gasteiger partial charge on any atom is -0.368 e. The number of rotatable bonds is 7. The monoisotopic (exact) mass is 351 g/mol. The van der Waals surface area contributed by atoms with E-state index in [9.17, 15) is 9.59 Å². The van der Waals surface area contributed by atoms with Crippen molar-refractivity contribution >= 4 is 11.7 Å². The van der Waals surface area contributed by atoms with Gasteiger partial charge in [-0.05, 0) is 19.9 Å². The number of primary amides is 1. The van der Waals surface area contributed by atoms with Crippen LogP contribution in [0.15, 0.2) is 48.8 Å². The zero-order chi connectivity index (χ0) is 18.7. The van der Waals surface area contributed by atoms with Crippen molar-refractivity contribution in [2.45, 2.75) is 32.5 Å². The standard InChI is InChI=1S/C19H21N5O2/c1-12(2)21-17(18(20)26)16(25)11-24-9-8-14-15(10-24)23-19(22-14)13-6-4-3-5-7-13/h3-10,12,17,21H,11H2,1-2H3,(H2,20,26). The number of pyridine rings is 1. The average Bonchev–Trinajstić information content (AvgIpc) is 3.03. The Labute approximate surface area is 151 Å². The number of Topliss-reactive ketones (excluding diaryl/α,β-unsaturated/α-hetero) is 1. The molecule has 1 amide bonds. The Morgan fingerprint density at radius 2 is 1.81 bits per heavy atom. The number of nitrogens with zero attached hydrogens (tertiary/aromatic N) is 3. The first-order chi connectivity index (χ1) is 12.4. The minimum absolute atomic E-state index is 0.0246. The molecule has 0 spiro atoms. The lowest BCUT2D eigenvalue weighted by Gasteiger charge is -2.18. The summed E-state index contributed by atoms with van der Waals surface area (Å²) >= 11 is 0. The second kappa shape index (κ2) is 7.45. The number of aromatic nitrogens is 3. The molecule has 7 nitrogen and oxygen atoms in total. The predicted octanol–water partition coefficient (Wildman–Crippen LogP) is 1.47. The summed E-state index contributed by atoms with van der Waals surface area (Å²) in [6, 6.07) is 10.5. The van der Waals surface area contributed by atoms with Gasteiger partial charge in [0.2, 0.25) is 5.91 Å². The van der Waals surface area contributed by atoms with Crippen LogP contribution in [-0.2, 0) is 16.1 Å². The number of imidazole rings is 1. The van der Waals surface area contributed by atoms with Crippen LogP contribution in [0.3, 0.4) is 0 Å². The maximum atomic E-state index is 12.4. The number of nitrogens with two attached hydrogens (primary N) is 1. The first kappa shape index (κ1) is 17.8. The van der Waals surface area contributed by atoms with E-state index in [1.54, 1.807) is 23.0 Å². The lowest BCUT2D eigenvalue weighted by atomic mass is 10.1. The summed E-state index contributed by atoms with van der Waals surface area (Å²) in [5, 5.41) is 2.90. The summed E-state index contributed by atoms with van der Waals surface area (Å²) in [7, 11) is 0. The highest BCUT2D eigenvalue weighted by molar-refractivity contribution is 6.04. The van der Waals surface area contributed by atoms with Gasteiger partial charge in [0, 0.05) is 24.0 Å². The van der Waals surface area contributed by atoms with Crippen LogP contribution in [0.1, 0.15) is 13.8 Å². The molecule has 2 heterocycles. The summed E-state index contributed by atoms with van der Waals surface area (Å²) < 4.78 is 1.69. The molecule has 0 radical (unpaired) electrons. The number of carbonyl (C=O) groups is 2. The van der Waals surface area contributed by atoms with Gasteiger partial charge in [-0.1, -0.05) is 30.3 Å². The first-order valence-corrected chi connectivity index (χ1v) is 8.41. The average molecular weight is 351 g/mol. The topological polar surface area (TPSA) is 103 Å². The summed E-state index contributed by atoms with van der Waals surface area (Å²) in [6.45, 7) is 3.73. The second-order valence-electron chi connectivity index (χ2n) is 6.42. The molecule has 0 fully saturated rings. The van der Waals surface area contributed by atoms with E-state index in [4.69, 9.17) is 5.73 Å². The third-order valence-corrected chi connectivity index (χ3v) is 3.90. The van der Waals surface area contributed by atoms with E-state index in [1.165, 1.54) is 0 Å². The largest absolute Gasteiger partial charge is 0.368 e. The number of fused-ring (bicyclic) bond motifs is 1. The van der Waals surface area contributed by atoms with Gasteiger partial charge in [0.1, 0.15) is 11.7 Å². The van der Waals surface area contributed by atoms with Gasteiger partial charge in [-0.3, -0.25) is 14.9 Å². The number of amides is 1. The van der Waals surface area contributed by atoms with E-state index in [1.807, 2.05) is 44.2 Å². The van der Waals surface area contributed by atoms with E-state index in [-0.39, 0.29) is 18.4 Å². The van der Waals surface area contributed by atoms with E-state index in [0.717, 1.165) is 11.3 Å². The van der Waals surface area contributed by atoms with Crippen LogP contribution < -0.4 is 11.1 Å². The SMILES string of the molecule is CC(C)NC(C(N)=O)C(=O)Cn1ccc2nc(-c3ccccc3)nc-2c1. The number of ketones is 1. The Morgan fingerprint density at radius 3 is 2.46 bits per heavy atom. The van der Waals surface area contributed by atoms with Crippen molar-refractivity contribution in [3.8, 4) is 22.8 Å². The molecule has 0 aliphatic carbocycles. The molecule has 1 atom stereocenters. The predicted molar refractivity (Wildman–Crippen MR) is 98.3 cm³/mol. The number of carbonyl (C=O) groups excluding carboxylic acids is 2. The van der Waals surface area contributed by atoms with Crippen molar-refractivity contribution in [3.63, 3.8) is 0 Å². The number of hydrogen-bond acceptors (Lipinski definition) is 5. The smallest absolute Gasteiger partial charge is 0.242 e. The van der Waals surface area contributed by atoms with Crippen LogP contribution in [0.2, 0.25) is 0 Å². The quantitative estimate of drug-likeness (QED) is 0.628. The second-order valence-corrected chi connectivity index (χ2v) is 6.42. The normalized spacial score (nSPS) is 12.4. The van der Waals surface area contributed by atoms with E-state index in [0.29, 0.717) is 11.5 Å². The highest BCUT2D eigenvalue weighted by Gasteiger charge is 2.25. The highest BCUT2D eigenvalue weighted by Crippen LogP contribution is 2.24. The van der Waals surface area contributed by atoms with Gasteiger partial charge in [-0.2, -0.15) is 0 Å². The van der Waals surface area contributed by atoms with Gasteiger partial charge in [-0.25, -0.2) is 9.97 Å². The minimum atomic E-state index is -1.01. The Bertz CT molecular complexity index is 888. The molecule has 0 aromatic heterocycles.